The second kappa shape index (κ2) is 5.19. The van der Waals surface area contributed by atoms with Crippen LogP contribution in [-0.4, -0.2) is 29.2 Å². The molecule has 0 fully saturated rings. The Balaban J connectivity index is 2.12. The summed E-state index contributed by atoms with van der Waals surface area (Å²) in [5, 5.41) is 3.43. The fourth-order valence-corrected chi connectivity index (χ4v) is 1.91. The first kappa shape index (κ1) is 13.8. The molecule has 5 nitrogen and oxygen atoms in total. The van der Waals surface area contributed by atoms with E-state index in [1.807, 2.05) is 32.0 Å². The van der Waals surface area contributed by atoms with Gasteiger partial charge in [0, 0.05) is 19.7 Å². The minimum atomic E-state index is -0.194. The number of hydrogen-bond acceptors (Lipinski definition) is 3. The highest BCUT2D eigenvalue weighted by Crippen LogP contribution is 2.18. The number of benzene rings is 1. The van der Waals surface area contributed by atoms with Crippen LogP contribution in [0.5, 0.6) is 0 Å². The van der Waals surface area contributed by atoms with Gasteiger partial charge in [-0.05, 0) is 38.5 Å². The Morgan fingerprint density at radius 3 is 2.68 bits per heavy atom. The first-order chi connectivity index (χ1) is 8.91. The number of rotatable bonds is 5. The first-order valence-corrected chi connectivity index (χ1v) is 6.42. The molecule has 0 aliphatic carbocycles. The topological polar surface area (TPSA) is 69.9 Å². The summed E-state index contributed by atoms with van der Waals surface area (Å²) in [5.74, 6) is 0. The van der Waals surface area contributed by atoms with Crippen molar-refractivity contribution in [1.29, 1.82) is 0 Å². The quantitative estimate of drug-likeness (QED) is 0.772. The lowest BCUT2D eigenvalue weighted by Gasteiger charge is -2.26. The molecule has 0 saturated heterocycles. The van der Waals surface area contributed by atoms with Crippen molar-refractivity contribution in [1.82, 2.24) is 15.3 Å². The normalized spacial score (nSPS) is 13.9. The lowest BCUT2D eigenvalue weighted by atomic mass is 10.1. The van der Waals surface area contributed by atoms with Crippen LogP contribution in [0.25, 0.3) is 11.0 Å². The van der Waals surface area contributed by atoms with Crippen LogP contribution in [0, 0.1) is 0 Å². The van der Waals surface area contributed by atoms with Crippen LogP contribution < -0.4 is 11.0 Å². The van der Waals surface area contributed by atoms with Crippen molar-refractivity contribution in [3.8, 4) is 0 Å². The van der Waals surface area contributed by atoms with Crippen molar-refractivity contribution < 1.29 is 4.74 Å². The minimum absolute atomic E-state index is 0.173. The van der Waals surface area contributed by atoms with E-state index in [0.29, 0.717) is 0 Å². The monoisotopic (exact) mass is 263 g/mol. The van der Waals surface area contributed by atoms with Gasteiger partial charge in [-0.15, -0.1) is 0 Å². The van der Waals surface area contributed by atoms with Gasteiger partial charge in [-0.25, -0.2) is 4.79 Å². The highest BCUT2D eigenvalue weighted by atomic mass is 16.5. The van der Waals surface area contributed by atoms with Crippen molar-refractivity contribution >= 4 is 11.0 Å². The van der Waals surface area contributed by atoms with Crippen LogP contribution in [0.3, 0.4) is 0 Å². The zero-order valence-electron chi connectivity index (χ0n) is 11.8. The predicted octanol–water partition coefficient (Wildman–Crippen LogP) is 1.93. The molecule has 2 rings (SSSR count). The SMILES string of the molecule is COC(C)(C)CNC(C)c1ccc2[nH]c(=O)[nH]c2c1. The summed E-state index contributed by atoms with van der Waals surface area (Å²) >= 11 is 0. The van der Waals surface area contributed by atoms with Crippen molar-refractivity contribution in [2.45, 2.75) is 32.4 Å². The molecule has 0 aliphatic rings. The number of aromatic nitrogens is 2. The highest BCUT2D eigenvalue weighted by Gasteiger charge is 2.17. The largest absolute Gasteiger partial charge is 0.377 e. The van der Waals surface area contributed by atoms with E-state index in [1.54, 1.807) is 7.11 Å². The molecule has 1 heterocycles. The molecule has 1 aromatic heterocycles. The number of methoxy groups -OCH3 is 1. The summed E-state index contributed by atoms with van der Waals surface area (Å²) in [5.41, 5.74) is 2.43. The van der Waals surface area contributed by atoms with Crippen LogP contribution in [0.1, 0.15) is 32.4 Å². The summed E-state index contributed by atoms with van der Waals surface area (Å²) in [6.07, 6.45) is 0. The summed E-state index contributed by atoms with van der Waals surface area (Å²) in [7, 11) is 1.71. The smallest absolute Gasteiger partial charge is 0.323 e. The third-order valence-corrected chi connectivity index (χ3v) is 3.43. The number of aromatic amines is 2. The van der Waals surface area contributed by atoms with Gasteiger partial charge in [0.25, 0.3) is 0 Å². The number of nitrogens with one attached hydrogen (secondary N) is 3. The average Bonchev–Trinajstić information content (AvgIpc) is 2.75. The number of fused-ring (bicyclic) bond motifs is 1. The second-order valence-corrected chi connectivity index (χ2v) is 5.45. The lowest BCUT2D eigenvalue weighted by molar-refractivity contribution is 0.0214. The Bertz CT molecular complexity index is 612. The Labute approximate surface area is 112 Å². The Morgan fingerprint density at radius 2 is 2.00 bits per heavy atom. The summed E-state index contributed by atoms with van der Waals surface area (Å²) in [4.78, 5) is 16.7. The van der Waals surface area contributed by atoms with E-state index in [9.17, 15) is 4.79 Å². The standard InChI is InChI=1S/C14H21N3O2/c1-9(15-8-14(2,3)19-4)10-5-6-11-12(7-10)17-13(18)16-11/h5-7,9,15H,8H2,1-4H3,(H2,16,17,18). The molecule has 2 aromatic rings. The van der Waals surface area contributed by atoms with Crippen molar-refractivity contribution in [3.05, 3.63) is 34.2 Å². The number of imidazole rings is 1. The fourth-order valence-electron chi connectivity index (χ4n) is 1.91. The second-order valence-electron chi connectivity index (χ2n) is 5.45. The molecule has 1 unspecified atom stereocenters. The fraction of sp³-hybridized carbons (Fsp3) is 0.500. The molecule has 19 heavy (non-hydrogen) atoms. The van der Waals surface area contributed by atoms with E-state index in [4.69, 9.17) is 4.74 Å². The first-order valence-electron chi connectivity index (χ1n) is 6.42. The van der Waals surface area contributed by atoms with E-state index < -0.39 is 0 Å². The van der Waals surface area contributed by atoms with Gasteiger partial charge in [0.15, 0.2) is 0 Å². The molecule has 3 N–H and O–H groups in total. The van der Waals surface area contributed by atoms with Gasteiger partial charge in [0.2, 0.25) is 0 Å². The summed E-state index contributed by atoms with van der Waals surface area (Å²) < 4.78 is 5.38. The van der Waals surface area contributed by atoms with E-state index in [1.165, 1.54) is 0 Å². The van der Waals surface area contributed by atoms with Crippen LogP contribution in [0.2, 0.25) is 0 Å². The average molecular weight is 263 g/mol. The molecule has 0 saturated carbocycles. The van der Waals surface area contributed by atoms with Crippen molar-refractivity contribution in [2.24, 2.45) is 0 Å². The summed E-state index contributed by atoms with van der Waals surface area (Å²) in [6, 6.07) is 6.12. The maximum atomic E-state index is 11.2. The summed E-state index contributed by atoms with van der Waals surface area (Å²) in [6.45, 7) is 6.93. The van der Waals surface area contributed by atoms with Gasteiger partial charge in [-0.2, -0.15) is 0 Å². The molecule has 0 radical (unpaired) electrons. The van der Waals surface area contributed by atoms with Gasteiger partial charge in [0.05, 0.1) is 16.6 Å². The molecule has 5 heteroatoms. The van der Waals surface area contributed by atoms with E-state index in [0.717, 1.165) is 23.1 Å². The molecule has 0 aliphatic heterocycles. The molecule has 0 bridgehead atoms. The Hall–Kier alpha value is -1.59. The molecule has 104 valence electrons. The van der Waals surface area contributed by atoms with Crippen LogP contribution in [0.15, 0.2) is 23.0 Å². The third kappa shape index (κ3) is 3.24. The lowest BCUT2D eigenvalue weighted by Crippen LogP contribution is -2.37. The van der Waals surface area contributed by atoms with Crippen LogP contribution >= 0.6 is 0 Å². The van der Waals surface area contributed by atoms with Gasteiger partial charge < -0.3 is 20.0 Å². The molecular formula is C14H21N3O2. The minimum Gasteiger partial charge on any atom is -0.377 e. The third-order valence-electron chi connectivity index (χ3n) is 3.43. The van der Waals surface area contributed by atoms with Crippen molar-refractivity contribution in [3.63, 3.8) is 0 Å². The molecular weight excluding hydrogens is 242 g/mol. The highest BCUT2D eigenvalue weighted by molar-refractivity contribution is 5.75. The maximum absolute atomic E-state index is 11.2. The van der Waals surface area contributed by atoms with Gasteiger partial charge in [-0.3, -0.25) is 0 Å². The van der Waals surface area contributed by atoms with E-state index in [2.05, 4.69) is 22.2 Å². The van der Waals surface area contributed by atoms with E-state index in [-0.39, 0.29) is 17.3 Å². The zero-order valence-corrected chi connectivity index (χ0v) is 11.8. The number of H-pyrrole nitrogens is 2. The predicted molar refractivity (Wildman–Crippen MR) is 76.4 cm³/mol. The van der Waals surface area contributed by atoms with Crippen LogP contribution in [-0.2, 0) is 4.74 Å². The molecule has 0 spiro atoms. The molecule has 1 atom stereocenters. The van der Waals surface area contributed by atoms with Gasteiger partial charge >= 0.3 is 5.69 Å². The number of ether oxygens (including phenoxy) is 1. The van der Waals surface area contributed by atoms with Crippen LogP contribution in [0.4, 0.5) is 0 Å². The maximum Gasteiger partial charge on any atom is 0.323 e. The van der Waals surface area contributed by atoms with E-state index >= 15 is 0 Å². The molecule has 0 amide bonds. The van der Waals surface area contributed by atoms with Gasteiger partial charge in [0.1, 0.15) is 0 Å². The van der Waals surface area contributed by atoms with Crippen molar-refractivity contribution in [2.75, 3.05) is 13.7 Å². The Morgan fingerprint density at radius 1 is 1.32 bits per heavy atom. The zero-order chi connectivity index (χ0) is 14.0. The molecule has 1 aromatic carbocycles. The Kier molecular flexibility index (Phi) is 3.78. The van der Waals surface area contributed by atoms with Gasteiger partial charge in [-0.1, -0.05) is 6.07 Å². The number of hydrogen-bond donors (Lipinski definition) is 3.